The highest BCUT2D eigenvalue weighted by Crippen LogP contribution is 2.20. The number of aryl methyl sites for hydroxylation is 3. The zero-order chi connectivity index (χ0) is 20.6. The first-order valence-electron chi connectivity index (χ1n) is 9.51. The van der Waals surface area contributed by atoms with Crippen LogP contribution in [0.2, 0.25) is 0 Å². The van der Waals surface area contributed by atoms with E-state index in [9.17, 15) is 9.59 Å². The minimum Gasteiger partial charge on any atom is -0.348 e. The number of benzene rings is 1. The van der Waals surface area contributed by atoms with Crippen LogP contribution >= 0.6 is 0 Å². The fourth-order valence-corrected chi connectivity index (χ4v) is 3.43. The van der Waals surface area contributed by atoms with E-state index in [1.54, 1.807) is 4.68 Å². The molecule has 0 spiro atoms. The summed E-state index contributed by atoms with van der Waals surface area (Å²) < 4.78 is 2.94. The zero-order valence-electron chi connectivity index (χ0n) is 17.3. The van der Waals surface area contributed by atoms with E-state index >= 15 is 0 Å². The number of fused-ring (bicyclic) bond motifs is 1. The standard InChI is InChI=1S/C21H27N5O2/c1-12(2)26-20-19(16(6)24-26)15(5)23-25(21(20)28)11-18(27)22-14(4)17-9-7-13(3)8-10-17/h7-10,12,14H,11H2,1-6H3,(H,22,27). The predicted molar refractivity (Wildman–Crippen MR) is 109 cm³/mol. The fourth-order valence-electron chi connectivity index (χ4n) is 3.43. The average Bonchev–Trinajstić information content (AvgIpc) is 2.98. The summed E-state index contributed by atoms with van der Waals surface area (Å²) in [5, 5.41) is 12.6. The molecule has 148 valence electrons. The van der Waals surface area contributed by atoms with Crippen LogP contribution in [-0.4, -0.2) is 25.5 Å². The molecular weight excluding hydrogens is 354 g/mol. The molecule has 7 heteroatoms. The van der Waals surface area contributed by atoms with E-state index in [1.807, 2.05) is 65.8 Å². The molecule has 0 radical (unpaired) electrons. The van der Waals surface area contributed by atoms with E-state index in [-0.39, 0.29) is 30.1 Å². The van der Waals surface area contributed by atoms with E-state index in [0.717, 1.165) is 16.6 Å². The topological polar surface area (TPSA) is 81.8 Å². The number of amides is 1. The van der Waals surface area contributed by atoms with Crippen LogP contribution in [0.25, 0.3) is 10.9 Å². The summed E-state index contributed by atoms with van der Waals surface area (Å²) in [5.41, 5.74) is 3.85. The number of carbonyl (C=O) groups excluding carboxylic acids is 1. The SMILES string of the molecule is Cc1ccc(C(C)NC(=O)Cn2nc(C)c3c(C)nn(C(C)C)c3c2=O)cc1. The van der Waals surface area contributed by atoms with E-state index in [4.69, 9.17) is 0 Å². The van der Waals surface area contributed by atoms with Gasteiger partial charge in [0.25, 0.3) is 5.56 Å². The number of carbonyl (C=O) groups is 1. The smallest absolute Gasteiger partial charge is 0.293 e. The van der Waals surface area contributed by atoms with Crippen LogP contribution < -0.4 is 10.9 Å². The molecule has 1 N–H and O–H groups in total. The monoisotopic (exact) mass is 381 g/mol. The molecular formula is C21H27N5O2. The number of rotatable bonds is 5. The van der Waals surface area contributed by atoms with Gasteiger partial charge in [-0.2, -0.15) is 10.2 Å². The molecule has 0 saturated heterocycles. The highest BCUT2D eigenvalue weighted by atomic mass is 16.2. The van der Waals surface area contributed by atoms with Crippen LogP contribution in [0.1, 0.15) is 55.4 Å². The van der Waals surface area contributed by atoms with Crippen molar-refractivity contribution in [1.29, 1.82) is 0 Å². The lowest BCUT2D eigenvalue weighted by Crippen LogP contribution is -2.35. The van der Waals surface area contributed by atoms with Gasteiger partial charge < -0.3 is 5.32 Å². The maximum atomic E-state index is 13.0. The Morgan fingerprint density at radius 3 is 2.25 bits per heavy atom. The molecule has 3 rings (SSSR count). The van der Waals surface area contributed by atoms with Crippen molar-refractivity contribution in [2.45, 2.75) is 60.2 Å². The Morgan fingerprint density at radius 1 is 1.04 bits per heavy atom. The molecule has 0 fully saturated rings. The molecule has 1 atom stereocenters. The Hall–Kier alpha value is -2.96. The predicted octanol–water partition coefficient (Wildman–Crippen LogP) is 2.98. The summed E-state index contributed by atoms with van der Waals surface area (Å²) in [6.45, 7) is 11.5. The van der Waals surface area contributed by atoms with Gasteiger partial charge >= 0.3 is 0 Å². The third-order valence-corrected chi connectivity index (χ3v) is 4.89. The van der Waals surface area contributed by atoms with Crippen LogP contribution in [0.15, 0.2) is 29.1 Å². The summed E-state index contributed by atoms with van der Waals surface area (Å²) in [4.78, 5) is 25.6. The summed E-state index contributed by atoms with van der Waals surface area (Å²) in [6, 6.07) is 7.88. The second-order valence-electron chi connectivity index (χ2n) is 7.60. The summed E-state index contributed by atoms with van der Waals surface area (Å²) in [7, 11) is 0. The fraction of sp³-hybridized carbons (Fsp3) is 0.429. The molecule has 0 bridgehead atoms. The van der Waals surface area contributed by atoms with Crippen molar-refractivity contribution in [3.05, 3.63) is 57.1 Å². The van der Waals surface area contributed by atoms with Gasteiger partial charge in [0.1, 0.15) is 12.1 Å². The lowest BCUT2D eigenvalue weighted by atomic mass is 10.1. The van der Waals surface area contributed by atoms with Crippen molar-refractivity contribution in [2.75, 3.05) is 0 Å². The van der Waals surface area contributed by atoms with E-state index < -0.39 is 0 Å². The van der Waals surface area contributed by atoms with Crippen molar-refractivity contribution < 1.29 is 4.79 Å². The average molecular weight is 381 g/mol. The van der Waals surface area contributed by atoms with Crippen molar-refractivity contribution in [3.8, 4) is 0 Å². The third-order valence-electron chi connectivity index (χ3n) is 4.89. The highest BCUT2D eigenvalue weighted by molar-refractivity contribution is 5.83. The largest absolute Gasteiger partial charge is 0.348 e. The zero-order valence-corrected chi connectivity index (χ0v) is 17.3. The Balaban J connectivity index is 1.88. The molecule has 1 unspecified atom stereocenters. The van der Waals surface area contributed by atoms with Gasteiger partial charge in [-0.3, -0.25) is 14.3 Å². The number of aromatic nitrogens is 4. The Morgan fingerprint density at radius 2 is 1.64 bits per heavy atom. The van der Waals surface area contributed by atoms with Crippen LogP contribution in [0.4, 0.5) is 0 Å². The normalized spacial score (nSPS) is 12.5. The molecule has 28 heavy (non-hydrogen) atoms. The second kappa shape index (κ2) is 7.58. The van der Waals surface area contributed by atoms with Gasteiger partial charge in [0.05, 0.1) is 22.8 Å². The van der Waals surface area contributed by atoms with Crippen LogP contribution in [0, 0.1) is 20.8 Å². The van der Waals surface area contributed by atoms with Crippen molar-refractivity contribution in [1.82, 2.24) is 24.9 Å². The first-order chi connectivity index (χ1) is 13.2. The van der Waals surface area contributed by atoms with Crippen LogP contribution in [0.5, 0.6) is 0 Å². The molecule has 0 aliphatic heterocycles. The van der Waals surface area contributed by atoms with Crippen molar-refractivity contribution in [3.63, 3.8) is 0 Å². The maximum absolute atomic E-state index is 13.0. The molecule has 7 nitrogen and oxygen atoms in total. The number of hydrogen-bond donors (Lipinski definition) is 1. The molecule has 1 amide bonds. The Labute approximate surface area is 164 Å². The number of hydrogen-bond acceptors (Lipinski definition) is 4. The summed E-state index contributed by atoms with van der Waals surface area (Å²) in [5.74, 6) is -0.256. The molecule has 3 aromatic rings. The van der Waals surface area contributed by atoms with E-state index in [0.29, 0.717) is 11.2 Å². The molecule has 0 aliphatic rings. The van der Waals surface area contributed by atoms with Gasteiger partial charge in [-0.1, -0.05) is 29.8 Å². The van der Waals surface area contributed by atoms with Crippen LogP contribution in [-0.2, 0) is 11.3 Å². The number of nitrogens with one attached hydrogen (secondary N) is 1. The van der Waals surface area contributed by atoms with Crippen molar-refractivity contribution in [2.24, 2.45) is 0 Å². The highest BCUT2D eigenvalue weighted by Gasteiger charge is 2.20. The lowest BCUT2D eigenvalue weighted by Gasteiger charge is -2.15. The van der Waals surface area contributed by atoms with Gasteiger partial charge in [-0.15, -0.1) is 0 Å². The van der Waals surface area contributed by atoms with Gasteiger partial charge in [-0.05, 0) is 47.1 Å². The van der Waals surface area contributed by atoms with Crippen LogP contribution in [0.3, 0.4) is 0 Å². The Kier molecular flexibility index (Phi) is 5.36. The first kappa shape index (κ1) is 19.8. The first-order valence-corrected chi connectivity index (χ1v) is 9.51. The minimum absolute atomic E-state index is 0.0366. The van der Waals surface area contributed by atoms with Gasteiger partial charge in [-0.25, -0.2) is 4.68 Å². The van der Waals surface area contributed by atoms with Gasteiger partial charge in [0.2, 0.25) is 5.91 Å². The molecule has 2 heterocycles. The molecule has 0 saturated carbocycles. The number of nitrogens with zero attached hydrogens (tertiary/aromatic N) is 4. The van der Waals surface area contributed by atoms with E-state index in [1.165, 1.54) is 10.2 Å². The Bertz CT molecular complexity index is 1080. The van der Waals surface area contributed by atoms with Gasteiger partial charge in [0, 0.05) is 6.04 Å². The summed E-state index contributed by atoms with van der Waals surface area (Å²) in [6.07, 6.45) is 0. The quantitative estimate of drug-likeness (QED) is 0.737. The minimum atomic E-state index is -0.298. The molecule has 0 aliphatic carbocycles. The second-order valence-corrected chi connectivity index (χ2v) is 7.60. The molecule has 2 aromatic heterocycles. The lowest BCUT2D eigenvalue weighted by molar-refractivity contribution is -0.122. The van der Waals surface area contributed by atoms with Crippen molar-refractivity contribution >= 4 is 16.8 Å². The third kappa shape index (κ3) is 3.69. The molecule has 1 aromatic carbocycles. The van der Waals surface area contributed by atoms with E-state index in [2.05, 4.69) is 15.5 Å². The van der Waals surface area contributed by atoms with Gasteiger partial charge in [0.15, 0.2) is 0 Å². The summed E-state index contributed by atoms with van der Waals surface area (Å²) >= 11 is 0. The maximum Gasteiger partial charge on any atom is 0.293 e.